The summed E-state index contributed by atoms with van der Waals surface area (Å²) < 4.78 is 40.3. The summed E-state index contributed by atoms with van der Waals surface area (Å²) in [6, 6.07) is 4.59. The second kappa shape index (κ2) is 7.34. The molecule has 0 atom stereocenters. The predicted molar refractivity (Wildman–Crippen MR) is 76.1 cm³/mol. The number of nitrogens with one attached hydrogen (secondary N) is 1. The van der Waals surface area contributed by atoms with Crippen LogP contribution in [0, 0.1) is 5.41 Å². The summed E-state index contributed by atoms with van der Waals surface area (Å²) in [6.07, 6.45) is -4.22. The topological polar surface area (TPSA) is 75.6 Å². The lowest BCUT2D eigenvalue weighted by molar-refractivity contribution is -0.274. The van der Waals surface area contributed by atoms with Gasteiger partial charge in [-0.1, -0.05) is 19.9 Å². The Labute approximate surface area is 131 Å². The van der Waals surface area contributed by atoms with Crippen LogP contribution in [0.25, 0.3) is 0 Å². The van der Waals surface area contributed by atoms with E-state index in [9.17, 15) is 27.9 Å². The standard InChI is InChI=1S/C15H18F3NO4/c1-3-14(4-2,13(21)22)9-19-12(20)10-6-5-7-11(8-10)23-15(16,17)18/h5-8H,3-4,9H2,1-2H3,(H,19,20)(H,21,22). The first-order chi connectivity index (χ1) is 10.6. The van der Waals surface area contributed by atoms with Gasteiger partial charge in [0.25, 0.3) is 5.91 Å². The van der Waals surface area contributed by atoms with Crippen molar-refractivity contribution in [2.75, 3.05) is 6.54 Å². The van der Waals surface area contributed by atoms with Gasteiger partial charge in [-0.25, -0.2) is 0 Å². The van der Waals surface area contributed by atoms with Crippen LogP contribution in [-0.2, 0) is 4.79 Å². The molecule has 0 saturated heterocycles. The molecule has 0 aliphatic heterocycles. The van der Waals surface area contributed by atoms with Crippen molar-refractivity contribution in [2.24, 2.45) is 5.41 Å². The van der Waals surface area contributed by atoms with Crippen molar-refractivity contribution in [2.45, 2.75) is 33.1 Å². The van der Waals surface area contributed by atoms with Crippen molar-refractivity contribution in [1.29, 1.82) is 0 Å². The van der Waals surface area contributed by atoms with Crippen molar-refractivity contribution in [3.8, 4) is 5.75 Å². The summed E-state index contributed by atoms with van der Waals surface area (Å²) >= 11 is 0. The maximum absolute atomic E-state index is 12.2. The average Bonchev–Trinajstić information content (AvgIpc) is 2.46. The van der Waals surface area contributed by atoms with Gasteiger partial charge in [-0.15, -0.1) is 13.2 Å². The third-order valence-corrected chi connectivity index (χ3v) is 3.72. The minimum atomic E-state index is -4.85. The molecule has 1 amide bonds. The molecule has 23 heavy (non-hydrogen) atoms. The number of carboxylic acids is 1. The number of carbonyl (C=O) groups is 2. The highest BCUT2D eigenvalue weighted by Gasteiger charge is 2.35. The van der Waals surface area contributed by atoms with E-state index in [0.717, 1.165) is 12.1 Å². The first kappa shape index (κ1) is 18.8. The van der Waals surface area contributed by atoms with E-state index in [4.69, 9.17) is 0 Å². The van der Waals surface area contributed by atoms with Gasteiger partial charge in [0.1, 0.15) is 5.75 Å². The van der Waals surface area contributed by atoms with Gasteiger partial charge < -0.3 is 15.2 Å². The first-order valence-electron chi connectivity index (χ1n) is 7.01. The maximum atomic E-state index is 12.2. The monoisotopic (exact) mass is 333 g/mol. The highest BCUT2D eigenvalue weighted by molar-refractivity contribution is 5.94. The van der Waals surface area contributed by atoms with Crippen molar-refractivity contribution in [3.05, 3.63) is 29.8 Å². The van der Waals surface area contributed by atoms with E-state index in [1.54, 1.807) is 13.8 Å². The van der Waals surface area contributed by atoms with Gasteiger partial charge in [0.05, 0.1) is 5.41 Å². The minimum Gasteiger partial charge on any atom is -0.481 e. The third kappa shape index (κ3) is 5.15. The Kier molecular flexibility index (Phi) is 6.00. The van der Waals surface area contributed by atoms with Crippen LogP contribution in [0.4, 0.5) is 13.2 Å². The number of ether oxygens (including phenoxy) is 1. The van der Waals surface area contributed by atoms with Gasteiger partial charge in [-0.2, -0.15) is 0 Å². The summed E-state index contributed by atoms with van der Waals surface area (Å²) in [5.41, 5.74) is -1.14. The third-order valence-electron chi connectivity index (χ3n) is 3.72. The molecular formula is C15H18F3NO4. The fourth-order valence-electron chi connectivity index (χ4n) is 2.06. The molecule has 2 N–H and O–H groups in total. The van der Waals surface area contributed by atoms with Crippen LogP contribution in [0.15, 0.2) is 24.3 Å². The number of amides is 1. The van der Waals surface area contributed by atoms with E-state index in [-0.39, 0.29) is 12.1 Å². The number of carboxylic acid groups (broad SMARTS) is 1. The number of hydrogen-bond acceptors (Lipinski definition) is 3. The molecule has 8 heteroatoms. The number of alkyl halides is 3. The number of aliphatic carboxylic acids is 1. The van der Waals surface area contributed by atoms with E-state index in [0.29, 0.717) is 12.8 Å². The highest BCUT2D eigenvalue weighted by atomic mass is 19.4. The first-order valence-corrected chi connectivity index (χ1v) is 7.01. The van der Waals surface area contributed by atoms with Crippen LogP contribution in [0.3, 0.4) is 0 Å². The van der Waals surface area contributed by atoms with E-state index in [1.807, 2.05) is 0 Å². The molecule has 1 rings (SSSR count). The number of hydrogen-bond donors (Lipinski definition) is 2. The molecule has 1 aromatic carbocycles. The van der Waals surface area contributed by atoms with Gasteiger partial charge in [0.15, 0.2) is 0 Å². The number of carbonyl (C=O) groups excluding carboxylic acids is 1. The fraction of sp³-hybridized carbons (Fsp3) is 0.467. The summed E-state index contributed by atoms with van der Waals surface area (Å²) in [5, 5.41) is 11.7. The van der Waals surface area contributed by atoms with Gasteiger partial charge >= 0.3 is 12.3 Å². The second-order valence-corrected chi connectivity index (χ2v) is 5.05. The van der Waals surface area contributed by atoms with E-state index < -0.39 is 29.4 Å². The van der Waals surface area contributed by atoms with E-state index in [1.165, 1.54) is 12.1 Å². The lowest BCUT2D eigenvalue weighted by atomic mass is 9.82. The maximum Gasteiger partial charge on any atom is 0.573 e. The lowest BCUT2D eigenvalue weighted by Crippen LogP contribution is -2.42. The molecule has 0 heterocycles. The molecule has 128 valence electrons. The molecule has 1 aromatic rings. The van der Waals surface area contributed by atoms with Crippen LogP contribution in [0.1, 0.15) is 37.0 Å². The van der Waals surface area contributed by atoms with Gasteiger partial charge in [0.2, 0.25) is 0 Å². The molecule has 0 saturated carbocycles. The zero-order valence-corrected chi connectivity index (χ0v) is 12.7. The van der Waals surface area contributed by atoms with Crippen LogP contribution in [-0.4, -0.2) is 29.9 Å². The normalized spacial score (nSPS) is 11.9. The smallest absolute Gasteiger partial charge is 0.481 e. The van der Waals surface area contributed by atoms with Crippen molar-refractivity contribution in [1.82, 2.24) is 5.32 Å². The second-order valence-electron chi connectivity index (χ2n) is 5.05. The Balaban J connectivity index is 2.82. The molecule has 0 spiro atoms. The summed E-state index contributed by atoms with van der Waals surface area (Å²) in [5.74, 6) is -2.21. The molecule has 0 aromatic heterocycles. The Morgan fingerprint density at radius 1 is 1.22 bits per heavy atom. The molecule has 0 unspecified atom stereocenters. The molecular weight excluding hydrogens is 315 g/mol. The predicted octanol–water partition coefficient (Wildman–Crippen LogP) is 3.21. The zero-order valence-electron chi connectivity index (χ0n) is 12.7. The fourth-order valence-corrected chi connectivity index (χ4v) is 2.06. The summed E-state index contributed by atoms with van der Waals surface area (Å²) in [6.45, 7) is 3.28. The molecule has 0 aliphatic carbocycles. The quantitative estimate of drug-likeness (QED) is 0.803. The molecule has 0 radical (unpaired) electrons. The van der Waals surface area contributed by atoms with Gasteiger partial charge in [-0.05, 0) is 31.0 Å². The average molecular weight is 333 g/mol. The summed E-state index contributed by atoms with van der Waals surface area (Å²) in [7, 11) is 0. The molecule has 0 aliphatic rings. The number of rotatable bonds is 7. The van der Waals surface area contributed by atoms with Gasteiger partial charge in [-0.3, -0.25) is 9.59 Å². The Bertz CT molecular complexity index is 568. The Morgan fingerprint density at radius 3 is 2.30 bits per heavy atom. The van der Waals surface area contributed by atoms with Crippen molar-refractivity contribution >= 4 is 11.9 Å². The van der Waals surface area contributed by atoms with Crippen LogP contribution < -0.4 is 10.1 Å². The molecule has 0 fully saturated rings. The summed E-state index contributed by atoms with van der Waals surface area (Å²) in [4.78, 5) is 23.4. The van der Waals surface area contributed by atoms with Crippen molar-refractivity contribution in [3.63, 3.8) is 0 Å². The van der Waals surface area contributed by atoms with E-state index in [2.05, 4.69) is 10.1 Å². The SMILES string of the molecule is CCC(CC)(CNC(=O)c1cccc(OC(F)(F)F)c1)C(=O)O. The highest BCUT2D eigenvalue weighted by Crippen LogP contribution is 2.26. The van der Waals surface area contributed by atoms with Gasteiger partial charge in [0, 0.05) is 12.1 Å². The van der Waals surface area contributed by atoms with Crippen LogP contribution >= 0.6 is 0 Å². The zero-order chi connectivity index (χ0) is 17.7. The molecule has 0 bridgehead atoms. The molecule has 5 nitrogen and oxygen atoms in total. The number of benzene rings is 1. The lowest BCUT2D eigenvalue weighted by Gasteiger charge is -2.26. The Hall–Kier alpha value is -2.25. The minimum absolute atomic E-state index is 0.0433. The largest absolute Gasteiger partial charge is 0.573 e. The van der Waals surface area contributed by atoms with Crippen LogP contribution in [0.2, 0.25) is 0 Å². The van der Waals surface area contributed by atoms with Crippen molar-refractivity contribution < 1.29 is 32.6 Å². The van der Waals surface area contributed by atoms with Crippen LogP contribution in [0.5, 0.6) is 5.75 Å². The number of halogens is 3. The Morgan fingerprint density at radius 2 is 1.83 bits per heavy atom. The van der Waals surface area contributed by atoms with E-state index >= 15 is 0 Å².